The Hall–Kier alpha value is -0.0230. The average Bonchev–Trinajstić information content (AvgIpc) is 3.08. The molecule has 2 aromatic rings. The van der Waals surface area contributed by atoms with Crippen LogP contribution in [0.3, 0.4) is 0 Å². The van der Waals surface area contributed by atoms with E-state index in [1.165, 1.54) is 29.3 Å². The molecule has 0 atom stereocenters. The largest absolute Gasteiger partial charge is 4.00 e. The van der Waals surface area contributed by atoms with Crippen LogP contribution < -0.4 is 30.0 Å². The number of hydrogen-bond acceptors (Lipinski definition) is 0. The summed E-state index contributed by atoms with van der Waals surface area (Å²) in [5, 5.41) is 4.67. The van der Waals surface area contributed by atoms with Gasteiger partial charge in [-0.15, -0.1) is 40.6 Å². The van der Waals surface area contributed by atoms with Gasteiger partial charge in [0.25, 0.3) is 0 Å². The number of allylic oxidation sites excluding steroid dienone is 4. The molecule has 0 N–H and O–H groups in total. The van der Waals surface area contributed by atoms with Crippen molar-refractivity contribution in [2.75, 3.05) is 0 Å². The first-order valence-electron chi connectivity index (χ1n) is 7.16. The van der Waals surface area contributed by atoms with Gasteiger partial charge in [0.15, 0.2) is 0 Å². The van der Waals surface area contributed by atoms with E-state index in [9.17, 15) is 0 Å². The van der Waals surface area contributed by atoms with Crippen molar-refractivity contribution in [3.05, 3.63) is 60.7 Å². The average molecular weight is 514 g/mol. The Bertz CT molecular complexity index is 617. The number of benzene rings is 1. The third kappa shape index (κ3) is 4.74. The molecular weight excluding hydrogens is 494 g/mol. The van der Waals surface area contributed by atoms with Crippen molar-refractivity contribution in [1.82, 2.24) is 0 Å². The van der Waals surface area contributed by atoms with Crippen LogP contribution in [-0.4, -0.2) is 8.07 Å². The molecule has 1 heterocycles. The summed E-state index contributed by atoms with van der Waals surface area (Å²) in [6, 6.07) is 16.5. The Kier molecular flexibility index (Phi) is 9.96. The molecule has 2 aromatic carbocycles. The molecule has 0 bridgehead atoms. The minimum atomic E-state index is -0.985. The molecule has 1 fully saturated rings. The predicted molar refractivity (Wildman–Crippen MR) is 86.6 cm³/mol. The van der Waals surface area contributed by atoms with Crippen LogP contribution in [0.5, 0.6) is 0 Å². The zero-order valence-electron chi connectivity index (χ0n) is 12.8. The van der Waals surface area contributed by atoms with Crippen molar-refractivity contribution in [3.8, 4) is 0 Å². The van der Waals surface area contributed by atoms with Gasteiger partial charge in [-0.25, -0.2) is 12.2 Å². The van der Waals surface area contributed by atoms with Gasteiger partial charge >= 0.3 is 25.8 Å². The summed E-state index contributed by atoms with van der Waals surface area (Å²) < 4.78 is 0. The van der Waals surface area contributed by atoms with Crippen molar-refractivity contribution >= 4 is 24.0 Å². The maximum atomic E-state index is 2.99. The molecule has 4 heteroatoms. The predicted octanol–water partition coefficient (Wildman–Crippen LogP) is -1.44. The van der Waals surface area contributed by atoms with Gasteiger partial charge in [-0.05, 0) is 0 Å². The standard InChI is InChI=1S/C13H15Si.C5H5.2ClH.Hf/c1-14(9-4-10-14)13-8-7-11-5-2-3-6-12(11)13;1-2-4-5-3-1;;;/h2-3,5-8H,4,9-10H2,1H3;1-3H,4H2;2*1H;/q2*-1;;;+4/p-2. The van der Waals surface area contributed by atoms with E-state index in [2.05, 4.69) is 55.1 Å². The summed E-state index contributed by atoms with van der Waals surface area (Å²) in [5.74, 6) is 0. The Morgan fingerprint density at radius 2 is 1.82 bits per heavy atom. The van der Waals surface area contributed by atoms with Gasteiger partial charge in [0.05, 0.1) is 0 Å². The third-order valence-corrected chi connectivity index (χ3v) is 9.02. The summed E-state index contributed by atoms with van der Waals surface area (Å²) >= 11 is 0. The Balaban J connectivity index is 0.000000482. The van der Waals surface area contributed by atoms with Gasteiger partial charge < -0.3 is 24.8 Å². The molecule has 0 aromatic heterocycles. The van der Waals surface area contributed by atoms with E-state index in [0.29, 0.717) is 0 Å². The van der Waals surface area contributed by atoms with Crippen LogP contribution in [0.15, 0.2) is 54.6 Å². The second kappa shape index (κ2) is 9.97. The van der Waals surface area contributed by atoms with Gasteiger partial charge in [-0.1, -0.05) is 31.1 Å². The number of hydrogen-bond donors (Lipinski definition) is 0. The summed E-state index contributed by atoms with van der Waals surface area (Å²) in [6.45, 7) is 2.54. The second-order valence-corrected chi connectivity index (χ2v) is 10.4. The number of rotatable bonds is 1. The smallest absolute Gasteiger partial charge is 1.00 e. The second-order valence-electron chi connectivity index (χ2n) is 5.75. The molecule has 0 spiro atoms. The molecule has 22 heavy (non-hydrogen) atoms. The van der Waals surface area contributed by atoms with E-state index in [-0.39, 0.29) is 50.7 Å². The van der Waals surface area contributed by atoms with Crippen LogP contribution in [0.2, 0.25) is 18.6 Å². The SMILES string of the molecule is C[Si]1([c-]2ccc3ccccc32)CCC1.[C-]1=CC=CC1.[Cl-].[Cl-].[Hf+4]. The zero-order chi connectivity index (χ0) is 13.1. The van der Waals surface area contributed by atoms with Gasteiger partial charge in [0.2, 0.25) is 0 Å². The fourth-order valence-electron chi connectivity index (χ4n) is 2.99. The fourth-order valence-corrected chi connectivity index (χ4v) is 6.31. The van der Waals surface area contributed by atoms with Crippen molar-refractivity contribution in [1.29, 1.82) is 0 Å². The monoisotopic (exact) mass is 514 g/mol. The van der Waals surface area contributed by atoms with Crippen molar-refractivity contribution in [3.63, 3.8) is 0 Å². The summed E-state index contributed by atoms with van der Waals surface area (Å²) in [7, 11) is -0.985. The summed E-state index contributed by atoms with van der Waals surface area (Å²) in [5.41, 5.74) is 0. The first-order valence-corrected chi connectivity index (χ1v) is 10.1. The van der Waals surface area contributed by atoms with Gasteiger partial charge in [0.1, 0.15) is 0 Å². The molecular formula is C18H20Cl2HfSi. The van der Waals surface area contributed by atoms with Crippen LogP contribution >= 0.6 is 0 Å². The quantitative estimate of drug-likeness (QED) is 0.324. The Morgan fingerprint density at radius 3 is 2.32 bits per heavy atom. The van der Waals surface area contributed by atoms with Gasteiger partial charge in [-0.3, -0.25) is 6.08 Å². The normalized spacial score (nSPS) is 16.4. The fraction of sp³-hybridized carbons (Fsp3) is 0.278. The van der Waals surface area contributed by atoms with Crippen LogP contribution in [0.1, 0.15) is 12.8 Å². The maximum Gasteiger partial charge on any atom is 4.00 e. The van der Waals surface area contributed by atoms with E-state index in [0.717, 1.165) is 6.42 Å². The van der Waals surface area contributed by atoms with Crippen LogP contribution in [0, 0.1) is 6.08 Å². The molecule has 0 amide bonds. The van der Waals surface area contributed by atoms with E-state index in [1.54, 1.807) is 5.19 Å². The maximum absolute atomic E-state index is 2.99. The Labute approximate surface area is 166 Å². The molecule has 114 valence electrons. The minimum Gasteiger partial charge on any atom is -1.00 e. The topological polar surface area (TPSA) is 0 Å². The van der Waals surface area contributed by atoms with Gasteiger partial charge in [-0.2, -0.15) is 18.2 Å². The molecule has 0 saturated carbocycles. The summed E-state index contributed by atoms with van der Waals surface area (Å²) in [6.07, 6.45) is 11.5. The molecule has 0 nitrogen and oxygen atoms in total. The first kappa shape index (κ1) is 22.0. The van der Waals surface area contributed by atoms with Crippen molar-refractivity contribution < 1.29 is 50.7 Å². The minimum absolute atomic E-state index is 0. The molecule has 0 radical (unpaired) electrons. The molecule has 0 unspecified atom stereocenters. The van der Waals surface area contributed by atoms with Crippen LogP contribution in [-0.2, 0) is 25.8 Å². The Morgan fingerprint density at radius 1 is 1.09 bits per heavy atom. The molecule has 1 aliphatic heterocycles. The molecule has 1 saturated heterocycles. The third-order valence-electron chi connectivity index (χ3n) is 4.37. The van der Waals surface area contributed by atoms with Crippen molar-refractivity contribution in [2.45, 2.75) is 31.5 Å². The molecule has 2 aliphatic rings. The number of fused-ring (bicyclic) bond motifs is 1. The van der Waals surface area contributed by atoms with E-state index < -0.39 is 8.07 Å². The zero-order valence-corrected chi connectivity index (χ0v) is 18.9. The summed E-state index contributed by atoms with van der Waals surface area (Å²) in [4.78, 5) is 0. The van der Waals surface area contributed by atoms with E-state index >= 15 is 0 Å². The van der Waals surface area contributed by atoms with Crippen LogP contribution in [0.25, 0.3) is 10.8 Å². The molecule has 1 aliphatic carbocycles. The van der Waals surface area contributed by atoms with Crippen LogP contribution in [0.4, 0.5) is 0 Å². The molecule has 4 rings (SSSR count). The first-order chi connectivity index (χ1) is 9.30. The number of halogens is 2. The van der Waals surface area contributed by atoms with Crippen molar-refractivity contribution in [2.24, 2.45) is 0 Å². The van der Waals surface area contributed by atoms with E-state index in [4.69, 9.17) is 0 Å². The van der Waals surface area contributed by atoms with Gasteiger partial charge in [0, 0.05) is 8.07 Å². The van der Waals surface area contributed by atoms with E-state index in [1.807, 2.05) is 12.2 Å².